The minimum Gasteiger partial charge on any atom is -0.310 e. The second-order valence-electron chi connectivity index (χ2n) is 34.5. The molecule has 4 nitrogen and oxygen atoms in total. The Balaban J connectivity index is 0.000000146. The first-order valence-corrected chi connectivity index (χ1v) is 45.6. The summed E-state index contributed by atoms with van der Waals surface area (Å²) in [6.07, 6.45) is 0. The highest BCUT2D eigenvalue weighted by Gasteiger charge is 2.55. The van der Waals surface area contributed by atoms with E-state index in [1.807, 2.05) is 0 Å². The minimum atomic E-state index is -0.566. The third kappa shape index (κ3) is 13.2. The van der Waals surface area contributed by atoms with Crippen molar-refractivity contribution in [2.24, 2.45) is 0 Å². The van der Waals surface area contributed by atoms with Crippen LogP contribution in [0.1, 0.15) is 44.5 Å². The molecule has 0 bridgehead atoms. The van der Waals surface area contributed by atoms with Crippen molar-refractivity contribution in [3.05, 3.63) is 578 Å². The van der Waals surface area contributed by atoms with Gasteiger partial charge in [-0.05, 0) is 249 Å². The number of rotatable bonds is 15. The van der Waals surface area contributed by atoms with E-state index in [0.717, 1.165) is 45.5 Å². The van der Waals surface area contributed by atoms with Crippen LogP contribution in [0.5, 0.6) is 0 Å². The first-order valence-electron chi connectivity index (χ1n) is 45.6. The van der Waals surface area contributed by atoms with Crippen LogP contribution in [-0.4, -0.2) is 0 Å². The predicted octanol–water partition coefficient (Wildman–Crippen LogP) is 34.3. The largest absolute Gasteiger partial charge is 0.310 e. The minimum absolute atomic E-state index is 0.559. The Morgan fingerprint density at radius 2 is 0.341 bits per heavy atom. The fraction of sp³-hybridized carbons (Fsp3) is 0.0156. The zero-order valence-electron chi connectivity index (χ0n) is 72.6. The van der Waals surface area contributed by atoms with E-state index < -0.39 is 10.8 Å². The van der Waals surface area contributed by atoms with Gasteiger partial charge in [-0.25, -0.2) is 0 Å². The lowest BCUT2D eigenvalue weighted by Gasteiger charge is -2.45. The Kier molecular flexibility index (Phi) is 19.7. The molecule has 0 aromatic heterocycles. The van der Waals surface area contributed by atoms with Crippen LogP contribution in [0, 0.1) is 0 Å². The van der Waals surface area contributed by atoms with E-state index in [0.29, 0.717) is 0 Å². The molecule has 2 heterocycles. The Morgan fingerprint density at radius 1 is 0.144 bits per heavy atom. The van der Waals surface area contributed by atoms with Gasteiger partial charge in [0.25, 0.3) is 0 Å². The zero-order chi connectivity index (χ0) is 87.5. The number of para-hydroxylation sites is 6. The predicted molar refractivity (Wildman–Crippen MR) is 551 cm³/mol. The molecule has 0 atom stereocenters. The first-order chi connectivity index (χ1) is 65.5. The molecule has 0 unspecified atom stereocenters. The Morgan fingerprint density at radius 3 is 0.629 bits per heavy atom. The van der Waals surface area contributed by atoms with Gasteiger partial charge in [-0.2, -0.15) is 0 Å². The quantitative estimate of drug-likeness (QED) is 0.101. The van der Waals surface area contributed by atoms with Gasteiger partial charge in [-0.1, -0.05) is 419 Å². The van der Waals surface area contributed by atoms with Gasteiger partial charge in [0.1, 0.15) is 0 Å². The van der Waals surface area contributed by atoms with Crippen LogP contribution >= 0.6 is 0 Å². The molecule has 25 rings (SSSR count). The molecular formula is C128H88N4. The molecule has 4 heteroatoms. The van der Waals surface area contributed by atoms with Crippen LogP contribution in [0.25, 0.3) is 100 Å². The molecule has 0 saturated carbocycles. The van der Waals surface area contributed by atoms with Crippen molar-refractivity contribution in [3.63, 3.8) is 0 Å². The summed E-state index contributed by atoms with van der Waals surface area (Å²) >= 11 is 0. The summed E-state index contributed by atoms with van der Waals surface area (Å²) in [5.74, 6) is 0. The Bertz CT molecular complexity index is 7720. The fourth-order valence-corrected chi connectivity index (χ4v) is 21.5. The van der Waals surface area contributed by atoms with Gasteiger partial charge in [0, 0.05) is 45.3 Å². The van der Waals surface area contributed by atoms with Gasteiger partial charge in [0.05, 0.1) is 45.0 Å². The molecule has 2 aliphatic carbocycles. The summed E-state index contributed by atoms with van der Waals surface area (Å²) in [6, 6.07) is 195. The van der Waals surface area contributed by atoms with Crippen molar-refractivity contribution in [3.8, 4) is 100 Å². The van der Waals surface area contributed by atoms with Crippen LogP contribution in [-0.2, 0) is 10.8 Å². The van der Waals surface area contributed by atoms with E-state index in [2.05, 4.69) is 553 Å². The summed E-state index contributed by atoms with van der Waals surface area (Å²) in [5.41, 5.74) is 44.6. The van der Waals surface area contributed by atoms with Crippen LogP contribution in [0.15, 0.2) is 534 Å². The van der Waals surface area contributed by atoms with E-state index in [1.165, 1.54) is 167 Å². The molecule has 21 aromatic rings. The molecule has 21 aromatic carbocycles. The van der Waals surface area contributed by atoms with Gasteiger partial charge in [0.2, 0.25) is 0 Å². The van der Waals surface area contributed by atoms with E-state index >= 15 is 0 Å². The molecule has 0 fully saturated rings. The van der Waals surface area contributed by atoms with E-state index in [9.17, 15) is 0 Å². The standard InChI is InChI=1S/C67H46N2.C61H42N2/c1-4-17-47(18-5-1)49-31-33-50(34-32-49)51-35-37-52(38-36-51)54-41-45-57(46-42-54)68(56-43-39-53(40-44-56)48-19-6-2-7-20-48)65-30-16-27-62-66(65)58-23-10-11-24-59(58)67(62)60-25-12-14-28-63(60)69(55-21-8-3-9-22-55)64-29-15-13-26-61(64)67;1-4-18-43(19-5-1)45-34-38-50(39-35-45)62(51-40-36-46(37-41-51)48-23-16-22-47(42-48)44-20-6-2-7-21-44)59-33-17-30-56-60(59)52-26-10-11-27-53(52)61(56)54-28-12-14-31-57(54)63(49-24-8-3-9-25-49)58-32-15-13-29-55(58)61/h1-46H;1-42H. The van der Waals surface area contributed by atoms with Crippen LogP contribution in [0.3, 0.4) is 0 Å². The van der Waals surface area contributed by atoms with Gasteiger partial charge in [0.15, 0.2) is 0 Å². The Labute approximate surface area is 771 Å². The SMILES string of the molecule is c1ccc(-c2ccc(-c3ccc(-c4ccc(N(c5ccc(-c6ccccc6)cc5)c5cccc6c5-c5ccccc5C65c6ccccc6N(c6ccccc6)c6ccccc65)cc4)cc3)cc2)cc1.c1ccc(-c2ccc(N(c3ccc(-c4cccc(-c5ccccc5)c4)cc3)c3cccc4c3-c3ccccc3C43c4ccccc4N(c4ccccc4)c4ccccc43)cc2)cc1. The van der Waals surface area contributed by atoms with Crippen LogP contribution in [0.4, 0.5) is 68.2 Å². The fourth-order valence-electron chi connectivity index (χ4n) is 21.5. The summed E-state index contributed by atoms with van der Waals surface area (Å²) in [7, 11) is 0. The lowest BCUT2D eigenvalue weighted by Crippen LogP contribution is -2.36. The van der Waals surface area contributed by atoms with Gasteiger partial charge >= 0.3 is 0 Å². The van der Waals surface area contributed by atoms with Crippen molar-refractivity contribution in [1.82, 2.24) is 0 Å². The number of nitrogens with zero attached hydrogens (tertiary/aromatic N) is 4. The number of hydrogen-bond acceptors (Lipinski definition) is 4. The molecule has 620 valence electrons. The average Bonchev–Trinajstić information content (AvgIpc) is 1.50. The second kappa shape index (κ2) is 33.2. The molecule has 2 aliphatic heterocycles. The monoisotopic (exact) mass is 1680 g/mol. The second-order valence-corrected chi connectivity index (χ2v) is 34.5. The van der Waals surface area contributed by atoms with Crippen LogP contribution < -0.4 is 19.6 Å². The lowest BCUT2D eigenvalue weighted by molar-refractivity contribution is 0.752. The van der Waals surface area contributed by atoms with Crippen LogP contribution in [0.2, 0.25) is 0 Å². The molecule has 4 aliphatic rings. The normalized spacial score (nSPS) is 12.8. The third-order valence-corrected chi connectivity index (χ3v) is 27.4. The van der Waals surface area contributed by atoms with Gasteiger partial charge in [-0.3, -0.25) is 0 Å². The summed E-state index contributed by atoms with van der Waals surface area (Å²) in [6.45, 7) is 0. The molecule has 2 spiro atoms. The summed E-state index contributed by atoms with van der Waals surface area (Å²) in [5, 5.41) is 0. The summed E-state index contributed by atoms with van der Waals surface area (Å²) in [4.78, 5) is 9.81. The van der Waals surface area contributed by atoms with Crippen molar-refractivity contribution in [1.29, 1.82) is 0 Å². The molecular weight excluding hydrogens is 1590 g/mol. The van der Waals surface area contributed by atoms with Gasteiger partial charge in [-0.15, -0.1) is 0 Å². The van der Waals surface area contributed by atoms with Crippen molar-refractivity contribution in [2.75, 3.05) is 19.6 Å². The number of hydrogen-bond donors (Lipinski definition) is 0. The molecule has 132 heavy (non-hydrogen) atoms. The summed E-state index contributed by atoms with van der Waals surface area (Å²) < 4.78 is 0. The topological polar surface area (TPSA) is 13.0 Å². The maximum absolute atomic E-state index is 2.46. The molecule has 0 amide bonds. The maximum Gasteiger partial charge on any atom is 0.0755 e. The zero-order valence-corrected chi connectivity index (χ0v) is 72.6. The lowest BCUT2D eigenvalue weighted by atomic mass is 9.64. The third-order valence-electron chi connectivity index (χ3n) is 27.4. The molecule has 0 radical (unpaired) electrons. The first kappa shape index (κ1) is 78.3. The Hall–Kier alpha value is -17.2. The van der Waals surface area contributed by atoms with E-state index in [-0.39, 0.29) is 0 Å². The van der Waals surface area contributed by atoms with E-state index in [4.69, 9.17) is 0 Å². The average molecular weight is 1680 g/mol. The highest BCUT2D eigenvalue weighted by molar-refractivity contribution is 6.04. The van der Waals surface area contributed by atoms with Gasteiger partial charge < -0.3 is 19.6 Å². The maximum atomic E-state index is 2.46. The van der Waals surface area contributed by atoms with Crippen molar-refractivity contribution < 1.29 is 0 Å². The highest BCUT2D eigenvalue weighted by Crippen LogP contribution is 2.68. The molecule has 0 N–H and O–H groups in total. The van der Waals surface area contributed by atoms with Crippen molar-refractivity contribution >= 4 is 68.2 Å². The number of anilines is 12. The number of benzene rings is 21. The van der Waals surface area contributed by atoms with E-state index in [1.54, 1.807) is 0 Å². The van der Waals surface area contributed by atoms with Crippen molar-refractivity contribution in [2.45, 2.75) is 10.8 Å². The molecule has 0 saturated heterocycles. The number of fused-ring (bicyclic) bond motifs is 18. The highest BCUT2D eigenvalue weighted by atomic mass is 15.2. The smallest absolute Gasteiger partial charge is 0.0755 e.